The number of methoxy groups -OCH3 is 1. The van der Waals surface area contributed by atoms with E-state index in [0.29, 0.717) is 31.3 Å². The minimum absolute atomic E-state index is 0.222. The highest BCUT2D eigenvalue weighted by Gasteiger charge is 2.18. The molecule has 1 aromatic carbocycles. The number of ether oxygens (including phenoxy) is 1. The predicted molar refractivity (Wildman–Crippen MR) is 92.2 cm³/mol. The normalized spacial score (nSPS) is 10.6. The summed E-state index contributed by atoms with van der Waals surface area (Å²) in [7, 11) is 1.54. The third-order valence-corrected chi connectivity index (χ3v) is 3.95. The van der Waals surface area contributed by atoms with Crippen LogP contribution in [0.2, 0.25) is 5.02 Å². The summed E-state index contributed by atoms with van der Waals surface area (Å²) >= 11 is 6.17. The van der Waals surface area contributed by atoms with E-state index in [1.807, 2.05) is 25.1 Å². The zero-order valence-corrected chi connectivity index (χ0v) is 14.5. The summed E-state index contributed by atoms with van der Waals surface area (Å²) in [5, 5.41) is 4.76. The van der Waals surface area contributed by atoms with Gasteiger partial charge in [0.1, 0.15) is 5.69 Å². The summed E-state index contributed by atoms with van der Waals surface area (Å²) < 4.78 is 6.19. The Bertz CT molecular complexity index is 761. The molecule has 1 aromatic heterocycles. The van der Waals surface area contributed by atoms with Gasteiger partial charge < -0.3 is 9.64 Å². The number of aromatic nitrogens is 2. The molecule has 128 valence electrons. The number of hydrogen-bond donors (Lipinski definition) is 0. The SMILES string of the molecule is CCN(Cc1ccccc1Cl)C(=O)c1ccc(=O)n(CCOC)n1. The van der Waals surface area contributed by atoms with Gasteiger partial charge in [0.2, 0.25) is 0 Å². The molecule has 0 N–H and O–H groups in total. The van der Waals surface area contributed by atoms with Crippen molar-refractivity contribution >= 4 is 17.5 Å². The molecule has 0 aliphatic heterocycles. The molecule has 2 rings (SSSR count). The standard InChI is InChI=1S/C17H20ClN3O3/c1-3-20(12-13-6-4-5-7-14(13)18)17(23)15-8-9-16(22)21(19-15)10-11-24-2/h4-9H,3,10-12H2,1-2H3. The van der Waals surface area contributed by atoms with E-state index in [1.54, 1.807) is 18.1 Å². The lowest BCUT2D eigenvalue weighted by atomic mass is 10.2. The van der Waals surface area contributed by atoms with Crippen LogP contribution in [0.1, 0.15) is 23.0 Å². The summed E-state index contributed by atoms with van der Waals surface area (Å²) in [6, 6.07) is 10.2. The first-order chi connectivity index (χ1) is 11.6. The molecule has 7 heteroatoms. The lowest BCUT2D eigenvalue weighted by molar-refractivity contribution is 0.0743. The van der Waals surface area contributed by atoms with Crippen molar-refractivity contribution in [3.05, 3.63) is 63.0 Å². The Morgan fingerprint density at radius 3 is 2.71 bits per heavy atom. The van der Waals surface area contributed by atoms with Crippen LogP contribution in [0.3, 0.4) is 0 Å². The molecule has 0 atom stereocenters. The summed E-state index contributed by atoms with van der Waals surface area (Å²) in [6.45, 7) is 3.42. The van der Waals surface area contributed by atoms with Crippen LogP contribution < -0.4 is 5.56 Å². The van der Waals surface area contributed by atoms with Crippen molar-refractivity contribution in [2.75, 3.05) is 20.3 Å². The average molecular weight is 350 g/mol. The summed E-state index contributed by atoms with van der Waals surface area (Å²) in [4.78, 5) is 26.1. The highest BCUT2D eigenvalue weighted by atomic mass is 35.5. The second kappa shape index (κ2) is 8.61. The number of amides is 1. The van der Waals surface area contributed by atoms with Gasteiger partial charge in [-0.3, -0.25) is 9.59 Å². The number of benzene rings is 1. The van der Waals surface area contributed by atoms with Crippen LogP contribution in [0.15, 0.2) is 41.2 Å². The van der Waals surface area contributed by atoms with E-state index in [2.05, 4.69) is 5.10 Å². The lowest BCUT2D eigenvalue weighted by Crippen LogP contribution is -2.34. The highest BCUT2D eigenvalue weighted by molar-refractivity contribution is 6.31. The van der Waals surface area contributed by atoms with E-state index in [4.69, 9.17) is 16.3 Å². The van der Waals surface area contributed by atoms with Gasteiger partial charge in [-0.1, -0.05) is 29.8 Å². The second-order valence-electron chi connectivity index (χ2n) is 5.18. The lowest BCUT2D eigenvalue weighted by Gasteiger charge is -2.21. The van der Waals surface area contributed by atoms with Gasteiger partial charge in [-0.2, -0.15) is 5.10 Å². The van der Waals surface area contributed by atoms with Crippen LogP contribution in [0, 0.1) is 0 Å². The molecule has 0 unspecified atom stereocenters. The Hall–Kier alpha value is -2.18. The Labute approximate surface area is 145 Å². The quantitative estimate of drug-likeness (QED) is 0.768. The zero-order chi connectivity index (χ0) is 17.5. The highest BCUT2D eigenvalue weighted by Crippen LogP contribution is 2.17. The van der Waals surface area contributed by atoms with Crippen molar-refractivity contribution in [2.45, 2.75) is 20.0 Å². The zero-order valence-electron chi connectivity index (χ0n) is 13.7. The fourth-order valence-electron chi connectivity index (χ4n) is 2.22. The molecule has 6 nitrogen and oxygen atoms in total. The van der Waals surface area contributed by atoms with Crippen LogP contribution in [0.4, 0.5) is 0 Å². The fraction of sp³-hybridized carbons (Fsp3) is 0.353. The monoisotopic (exact) mass is 349 g/mol. The molecule has 1 amide bonds. The number of nitrogens with zero attached hydrogens (tertiary/aromatic N) is 3. The molecule has 0 saturated carbocycles. The Balaban J connectivity index is 2.22. The molecule has 0 spiro atoms. The van der Waals surface area contributed by atoms with Gasteiger partial charge in [-0.15, -0.1) is 0 Å². The molecule has 0 saturated heterocycles. The fourth-order valence-corrected chi connectivity index (χ4v) is 2.42. The smallest absolute Gasteiger partial charge is 0.274 e. The van der Waals surface area contributed by atoms with Crippen molar-refractivity contribution in [1.29, 1.82) is 0 Å². The van der Waals surface area contributed by atoms with E-state index in [9.17, 15) is 9.59 Å². The van der Waals surface area contributed by atoms with Crippen LogP contribution >= 0.6 is 11.6 Å². The van der Waals surface area contributed by atoms with Crippen LogP contribution in [-0.4, -0.2) is 40.8 Å². The van der Waals surface area contributed by atoms with Crippen molar-refractivity contribution in [1.82, 2.24) is 14.7 Å². The molecular formula is C17H20ClN3O3. The predicted octanol–water partition coefficient (Wildman–Crippen LogP) is 2.21. The van der Waals surface area contributed by atoms with Crippen molar-refractivity contribution < 1.29 is 9.53 Å². The van der Waals surface area contributed by atoms with Crippen molar-refractivity contribution in [2.24, 2.45) is 0 Å². The number of carbonyl (C=O) groups excluding carboxylic acids is 1. The second-order valence-corrected chi connectivity index (χ2v) is 5.59. The van der Waals surface area contributed by atoms with E-state index in [0.717, 1.165) is 5.56 Å². The first-order valence-electron chi connectivity index (χ1n) is 7.66. The van der Waals surface area contributed by atoms with Gasteiger partial charge in [-0.05, 0) is 24.6 Å². The molecular weight excluding hydrogens is 330 g/mol. The third-order valence-electron chi connectivity index (χ3n) is 3.58. The first-order valence-corrected chi connectivity index (χ1v) is 8.04. The molecule has 0 fully saturated rings. The Morgan fingerprint density at radius 1 is 1.29 bits per heavy atom. The number of halogens is 1. The maximum Gasteiger partial charge on any atom is 0.274 e. The first kappa shape index (κ1) is 18.2. The van der Waals surface area contributed by atoms with Gasteiger partial charge in [0.25, 0.3) is 11.5 Å². The largest absolute Gasteiger partial charge is 0.383 e. The van der Waals surface area contributed by atoms with Crippen LogP contribution in [-0.2, 0) is 17.8 Å². The van der Waals surface area contributed by atoms with Crippen molar-refractivity contribution in [3.8, 4) is 0 Å². The maximum atomic E-state index is 12.7. The topological polar surface area (TPSA) is 64.4 Å². The van der Waals surface area contributed by atoms with Gasteiger partial charge in [0, 0.05) is 31.3 Å². The van der Waals surface area contributed by atoms with E-state index >= 15 is 0 Å². The van der Waals surface area contributed by atoms with Crippen LogP contribution in [0.5, 0.6) is 0 Å². The molecule has 0 bridgehead atoms. The molecule has 24 heavy (non-hydrogen) atoms. The molecule has 0 aliphatic carbocycles. The van der Waals surface area contributed by atoms with Gasteiger partial charge >= 0.3 is 0 Å². The number of rotatable bonds is 7. The van der Waals surface area contributed by atoms with E-state index in [-0.39, 0.29) is 17.2 Å². The van der Waals surface area contributed by atoms with E-state index in [1.165, 1.54) is 16.8 Å². The number of carbonyl (C=O) groups is 1. The van der Waals surface area contributed by atoms with Gasteiger partial charge in [0.15, 0.2) is 0 Å². The molecule has 0 aliphatic rings. The summed E-state index contributed by atoms with van der Waals surface area (Å²) in [5.74, 6) is -0.247. The Kier molecular flexibility index (Phi) is 6.52. The summed E-state index contributed by atoms with van der Waals surface area (Å²) in [6.07, 6.45) is 0. The maximum absolute atomic E-state index is 12.7. The summed E-state index contributed by atoms with van der Waals surface area (Å²) in [5.41, 5.74) is 0.819. The minimum Gasteiger partial charge on any atom is -0.383 e. The minimum atomic E-state index is -0.266. The van der Waals surface area contributed by atoms with Gasteiger partial charge in [-0.25, -0.2) is 4.68 Å². The molecule has 2 aromatic rings. The van der Waals surface area contributed by atoms with Crippen molar-refractivity contribution in [3.63, 3.8) is 0 Å². The van der Waals surface area contributed by atoms with E-state index < -0.39 is 0 Å². The number of hydrogen-bond acceptors (Lipinski definition) is 4. The van der Waals surface area contributed by atoms with Crippen LogP contribution in [0.25, 0.3) is 0 Å². The average Bonchev–Trinajstić information content (AvgIpc) is 2.60. The third kappa shape index (κ3) is 4.43. The Morgan fingerprint density at radius 2 is 2.04 bits per heavy atom. The molecule has 0 radical (unpaired) electrons. The molecule has 1 heterocycles. The van der Waals surface area contributed by atoms with Gasteiger partial charge in [0.05, 0.1) is 13.2 Å².